The molecular formula is C17H16O4. The molecule has 0 saturated carbocycles. The fourth-order valence-corrected chi connectivity index (χ4v) is 1.95. The van der Waals surface area contributed by atoms with Gasteiger partial charge in [0, 0.05) is 6.07 Å². The first-order chi connectivity index (χ1) is 10.1. The van der Waals surface area contributed by atoms with Crippen LogP contribution in [0.3, 0.4) is 0 Å². The van der Waals surface area contributed by atoms with Gasteiger partial charge in [-0.2, -0.15) is 0 Å². The van der Waals surface area contributed by atoms with E-state index in [4.69, 9.17) is 9.47 Å². The number of carbonyl (C=O) groups is 1. The van der Waals surface area contributed by atoms with Gasteiger partial charge in [-0.05, 0) is 29.3 Å². The van der Waals surface area contributed by atoms with Crippen molar-refractivity contribution < 1.29 is 19.4 Å². The van der Waals surface area contributed by atoms with Crippen molar-refractivity contribution in [2.45, 2.75) is 0 Å². The Kier molecular flexibility index (Phi) is 4.61. The van der Waals surface area contributed by atoms with Gasteiger partial charge in [-0.3, -0.25) is 0 Å². The van der Waals surface area contributed by atoms with E-state index in [2.05, 4.69) is 0 Å². The van der Waals surface area contributed by atoms with Crippen molar-refractivity contribution in [2.75, 3.05) is 14.2 Å². The van der Waals surface area contributed by atoms with Gasteiger partial charge < -0.3 is 14.6 Å². The third-order valence-corrected chi connectivity index (χ3v) is 3.00. The van der Waals surface area contributed by atoms with Gasteiger partial charge in [-0.15, -0.1) is 0 Å². The molecule has 0 aromatic heterocycles. The van der Waals surface area contributed by atoms with Crippen LogP contribution in [0.15, 0.2) is 48.5 Å². The van der Waals surface area contributed by atoms with E-state index in [1.807, 2.05) is 30.3 Å². The average molecular weight is 284 g/mol. The number of aliphatic carboxylic acids is 1. The Balaban J connectivity index is 2.53. The average Bonchev–Trinajstić information content (AvgIpc) is 2.52. The largest absolute Gasteiger partial charge is 0.497 e. The van der Waals surface area contributed by atoms with Gasteiger partial charge in [0.25, 0.3) is 0 Å². The molecule has 0 unspecified atom stereocenters. The zero-order valence-electron chi connectivity index (χ0n) is 11.9. The molecule has 0 aliphatic heterocycles. The van der Waals surface area contributed by atoms with Gasteiger partial charge in [-0.25, -0.2) is 4.79 Å². The fraction of sp³-hybridized carbons (Fsp3) is 0.118. The third kappa shape index (κ3) is 3.63. The minimum atomic E-state index is -1.01. The summed E-state index contributed by atoms with van der Waals surface area (Å²) in [5.74, 6) is 0.0864. The van der Waals surface area contributed by atoms with Crippen LogP contribution in [0.4, 0.5) is 0 Å². The summed E-state index contributed by atoms with van der Waals surface area (Å²) in [7, 11) is 3.06. The maximum Gasteiger partial charge on any atom is 0.336 e. The van der Waals surface area contributed by atoms with Gasteiger partial charge in [0.05, 0.1) is 19.8 Å². The molecule has 4 heteroatoms. The SMILES string of the molecule is COc1cc(OC)cc(C(=Cc2ccccc2)C(=O)O)c1. The van der Waals surface area contributed by atoms with Crippen LogP contribution in [0.5, 0.6) is 11.5 Å². The van der Waals surface area contributed by atoms with Crippen LogP contribution in [0.1, 0.15) is 11.1 Å². The van der Waals surface area contributed by atoms with Crippen LogP contribution in [0.25, 0.3) is 11.6 Å². The van der Waals surface area contributed by atoms with E-state index in [-0.39, 0.29) is 5.57 Å². The number of hydrogen-bond acceptors (Lipinski definition) is 3. The van der Waals surface area contributed by atoms with Gasteiger partial charge in [0.1, 0.15) is 11.5 Å². The Morgan fingerprint density at radius 2 is 1.57 bits per heavy atom. The summed E-state index contributed by atoms with van der Waals surface area (Å²) in [4.78, 5) is 11.6. The molecule has 0 amide bonds. The lowest BCUT2D eigenvalue weighted by atomic mass is 10.0. The lowest BCUT2D eigenvalue weighted by Crippen LogP contribution is -2.01. The predicted octanol–water partition coefficient (Wildman–Crippen LogP) is 3.33. The quantitative estimate of drug-likeness (QED) is 0.676. The highest BCUT2D eigenvalue weighted by molar-refractivity contribution is 6.20. The first-order valence-corrected chi connectivity index (χ1v) is 6.37. The highest BCUT2D eigenvalue weighted by Gasteiger charge is 2.13. The van der Waals surface area contributed by atoms with Crippen LogP contribution in [-0.2, 0) is 4.79 Å². The lowest BCUT2D eigenvalue weighted by molar-refractivity contribution is -0.130. The molecule has 0 aliphatic rings. The molecule has 2 aromatic carbocycles. The molecule has 4 nitrogen and oxygen atoms in total. The zero-order valence-corrected chi connectivity index (χ0v) is 11.9. The highest BCUT2D eigenvalue weighted by atomic mass is 16.5. The smallest absolute Gasteiger partial charge is 0.336 e. The fourth-order valence-electron chi connectivity index (χ4n) is 1.95. The van der Waals surface area contributed by atoms with E-state index in [0.717, 1.165) is 5.56 Å². The first-order valence-electron chi connectivity index (χ1n) is 6.37. The standard InChI is InChI=1S/C17H16O4/c1-20-14-9-13(10-15(11-14)21-2)16(17(18)19)8-12-6-4-3-5-7-12/h3-11H,1-2H3,(H,18,19). The summed E-state index contributed by atoms with van der Waals surface area (Å²) in [5.41, 5.74) is 1.53. The number of methoxy groups -OCH3 is 2. The number of ether oxygens (including phenoxy) is 2. The van der Waals surface area contributed by atoms with Crippen molar-refractivity contribution in [3.05, 3.63) is 59.7 Å². The maximum absolute atomic E-state index is 11.6. The topological polar surface area (TPSA) is 55.8 Å². The zero-order chi connectivity index (χ0) is 15.2. The molecule has 0 spiro atoms. The molecule has 0 atom stereocenters. The number of hydrogen-bond donors (Lipinski definition) is 1. The molecule has 2 rings (SSSR count). The van der Waals surface area contributed by atoms with E-state index in [9.17, 15) is 9.90 Å². The van der Waals surface area contributed by atoms with Gasteiger partial charge in [0.15, 0.2) is 0 Å². The Labute approximate surface area is 123 Å². The maximum atomic E-state index is 11.6. The van der Waals surface area contributed by atoms with Crippen molar-refractivity contribution in [3.8, 4) is 11.5 Å². The summed E-state index contributed by atoms with van der Waals surface area (Å²) in [6.07, 6.45) is 1.62. The van der Waals surface area contributed by atoms with Gasteiger partial charge >= 0.3 is 5.97 Å². The van der Waals surface area contributed by atoms with Crippen LogP contribution >= 0.6 is 0 Å². The van der Waals surface area contributed by atoms with Crippen LogP contribution < -0.4 is 9.47 Å². The van der Waals surface area contributed by atoms with Crippen LogP contribution in [0, 0.1) is 0 Å². The summed E-state index contributed by atoms with van der Waals surface area (Å²) in [5, 5.41) is 9.47. The molecule has 108 valence electrons. The minimum absolute atomic E-state index is 0.179. The second-order valence-corrected chi connectivity index (χ2v) is 4.38. The molecular weight excluding hydrogens is 268 g/mol. The molecule has 0 bridgehead atoms. The van der Waals surface area contributed by atoms with Gasteiger partial charge in [-0.1, -0.05) is 30.3 Å². The molecule has 0 fully saturated rings. The highest BCUT2D eigenvalue weighted by Crippen LogP contribution is 2.28. The molecule has 0 aliphatic carbocycles. The second-order valence-electron chi connectivity index (χ2n) is 4.38. The second kappa shape index (κ2) is 6.61. The summed E-state index contributed by atoms with van der Waals surface area (Å²) in [6, 6.07) is 14.3. The Morgan fingerprint density at radius 1 is 1.00 bits per heavy atom. The lowest BCUT2D eigenvalue weighted by Gasteiger charge is -2.09. The molecule has 1 N–H and O–H groups in total. The number of benzene rings is 2. The van der Waals surface area contributed by atoms with E-state index in [1.54, 1.807) is 24.3 Å². The number of carboxylic acids is 1. The van der Waals surface area contributed by atoms with E-state index < -0.39 is 5.97 Å². The summed E-state index contributed by atoms with van der Waals surface area (Å²) in [6.45, 7) is 0. The van der Waals surface area contributed by atoms with Gasteiger partial charge in [0.2, 0.25) is 0 Å². The molecule has 0 radical (unpaired) electrons. The molecule has 0 heterocycles. The Morgan fingerprint density at radius 3 is 2.05 bits per heavy atom. The Bertz CT molecular complexity index is 637. The summed E-state index contributed by atoms with van der Waals surface area (Å²) >= 11 is 0. The predicted molar refractivity (Wildman–Crippen MR) is 81.5 cm³/mol. The van der Waals surface area contributed by atoms with Crippen molar-refractivity contribution >= 4 is 17.6 Å². The van der Waals surface area contributed by atoms with Crippen molar-refractivity contribution in [1.82, 2.24) is 0 Å². The third-order valence-electron chi connectivity index (χ3n) is 3.00. The molecule has 2 aromatic rings. The number of rotatable bonds is 5. The monoisotopic (exact) mass is 284 g/mol. The van der Waals surface area contributed by atoms with Crippen LogP contribution in [0.2, 0.25) is 0 Å². The van der Waals surface area contributed by atoms with E-state index in [1.165, 1.54) is 14.2 Å². The normalized spacial score (nSPS) is 11.0. The number of carboxylic acid groups (broad SMARTS) is 1. The van der Waals surface area contributed by atoms with Crippen molar-refractivity contribution in [2.24, 2.45) is 0 Å². The summed E-state index contributed by atoms with van der Waals surface area (Å²) < 4.78 is 10.4. The Hall–Kier alpha value is -2.75. The minimum Gasteiger partial charge on any atom is -0.497 e. The van der Waals surface area contributed by atoms with Crippen molar-refractivity contribution in [1.29, 1.82) is 0 Å². The van der Waals surface area contributed by atoms with Crippen molar-refractivity contribution in [3.63, 3.8) is 0 Å². The van der Waals surface area contributed by atoms with E-state index in [0.29, 0.717) is 17.1 Å². The molecule has 0 saturated heterocycles. The van der Waals surface area contributed by atoms with E-state index >= 15 is 0 Å². The molecule has 21 heavy (non-hydrogen) atoms. The van der Waals surface area contributed by atoms with Crippen LogP contribution in [-0.4, -0.2) is 25.3 Å². The first kappa shape index (κ1) is 14.7.